The number of thiazole rings is 1. The third-order valence-electron chi connectivity index (χ3n) is 2.32. The number of ether oxygens (including phenoxy) is 1. The van der Waals surface area contributed by atoms with E-state index >= 15 is 0 Å². The quantitative estimate of drug-likeness (QED) is 0.860. The van der Waals surface area contributed by atoms with E-state index in [2.05, 4.69) is 24.1 Å². The van der Waals surface area contributed by atoms with Gasteiger partial charge in [0.05, 0.1) is 6.04 Å². The number of carbonyl (C=O) groups is 1. The number of nitrogens with zero attached hydrogens (tertiary/aromatic N) is 1. The zero-order valence-corrected chi connectivity index (χ0v) is 9.58. The molecule has 1 aromatic heterocycles. The van der Waals surface area contributed by atoms with Crippen LogP contribution in [0.3, 0.4) is 0 Å². The van der Waals surface area contributed by atoms with Crippen LogP contribution in [0.4, 0.5) is 4.79 Å². The molecule has 0 radical (unpaired) electrons. The summed E-state index contributed by atoms with van der Waals surface area (Å²) < 4.78 is 5.22. The number of carbonyl (C=O) groups excluding carboxylic acids is 1. The van der Waals surface area contributed by atoms with E-state index in [1.54, 1.807) is 6.20 Å². The minimum Gasteiger partial charge on any atom is -0.437 e. The summed E-state index contributed by atoms with van der Waals surface area (Å²) in [4.78, 5) is 15.4. The van der Waals surface area contributed by atoms with Crippen molar-refractivity contribution in [1.82, 2.24) is 10.3 Å². The van der Waals surface area contributed by atoms with Crippen molar-refractivity contribution >= 4 is 17.4 Å². The zero-order chi connectivity index (χ0) is 10.8. The lowest BCUT2D eigenvalue weighted by atomic mass is 10.0. The number of hydrogen-bond donors (Lipinski definition) is 1. The highest BCUT2D eigenvalue weighted by Gasteiger charge is 2.36. The van der Waals surface area contributed by atoms with Gasteiger partial charge in [-0.2, -0.15) is 0 Å². The fourth-order valence-corrected chi connectivity index (χ4v) is 2.48. The van der Waals surface area contributed by atoms with Crippen molar-refractivity contribution in [2.45, 2.75) is 32.4 Å². The molecule has 0 spiro atoms. The number of cyclic esters (lactones) is 1. The number of amides is 1. The molecular weight excluding hydrogens is 212 g/mol. The van der Waals surface area contributed by atoms with E-state index in [4.69, 9.17) is 4.74 Å². The van der Waals surface area contributed by atoms with E-state index in [0.29, 0.717) is 5.92 Å². The Morgan fingerprint density at radius 1 is 1.67 bits per heavy atom. The summed E-state index contributed by atoms with van der Waals surface area (Å²) in [5.74, 6) is 0.527. The summed E-state index contributed by atoms with van der Waals surface area (Å²) in [6, 6.07) is 0.0589. The highest BCUT2D eigenvalue weighted by molar-refractivity contribution is 7.09. The fourth-order valence-electron chi connectivity index (χ4n) is 1.75. The second kappa shape index (κ2) is 4.18. The summed E-state index contributed by atoms with van der Waals surface area (Å²) in [5, 5.41) is 5.60. The van der Waals surface area contributed by atoms with Gasteiger partial charge < -0.3 is 10.1 Å². The molecule has 1 amide bonds. The normalized spacial score (nSPS) is 25.4. The standard InChI is InChI=1S/C10H14N2O2S/c1-6(2)5-7-8(14-10(13)12-7)9-11-3-4-15-9/h3-4,6-8H,5H2,1-2H3,(H,12,13)/t7-,8+/m0/s1. The monoisotopic (exact) mass is 226 g/mol. The van der Waals surface area contributed by atoms with Crippen LogP contribution in [-0.4, -0.2) is 17.1 Å². The Bertz CT molecular complexity index is 337. The molecule has 0 unspecified atom stereocenters. The number of hydrogen-bond acceptors (Lipinski definition) is 4. The zero-order valence-electron chi connectivity index (χ0n) is 8.77. The lowest BCUT2D eigenvalue weighted by Crippen LogP contribution is -2.29. The van der Waals surface area contributed by atoms with E-state index < -0.39 is 0 Å². The van der Waals surface area contributed by atoms with Crippen molar-refractivity contribution < 1.29 is 9.53 Å². The molecule has 1 fully saturated rings. The summed E-state index contributed by atoms with van der Waals surface area (Å²) >= 11 is 1.52. The third kappa shape index (κ3) is 2.28. The Labute approximate surface area is 92.7 Å². The van der Waals surface area contributed by atoms with Gasteiger partial charge in [-0.15, -0.1) is 11.3 Å². The smallest absolute Gasteiger partial charge is 0.408 e. The Hall–Kier alpha value is -1.10. The molecule has 0 saturated carbocycles. The van der Waals surface area contributed by atoms with Crippen LogP contribution >= 0.6 is 11.3 Å². The molecule has 1 N–H and O–H groups in total. The minimum absolute atomic E-state index is 0.0589. The highest BCUT2D eigenvalue weighted by atomic mass is 32.1. The summed E-state index contributed by atoms with van der Waals surface area (Å²) in [5.41, 5.74) is 0. The van der Waals surface area contributed by atoms with E-state index in [9.17, 15) is 4.79 Å². The summed E-state index contributed by atoms with van der Waals surface area (Å²) in [6.07, 6.45) is 2.11. The molecule has 2 atom stereocenters. The molecule has 1 aliphatic heterocycles. The van der Waals surface area contributed by atoms with Crippen LogP contribution in [0, 0.1) is 5.92 Å². The molecule has 1 saturated heterocycles. The lowest BCUT2D eigenvalue weighted by Gasteiger charge is -2.16. The Morgan fingerprint density at radius 3 is 3.07 bits per heavy atom. The average molecular weight is 226 g/mol. The average Bonchev–Trinajstić information content (AvgIpc) is 2.72. The molecule has 1 aromatic rings. The van der Waals surface area contributed by atoms with Gasteiger partial charge in [0.1, 0.15) is 5.01 Å². The first kappa shape index (κ1) is 10.4. The van der Waals surface area contributed by atoms with Crippen molar-refractivity contribution in [2.75, 3.05) is 0 Å². The maximum Gasteiger partial charge on any atom is 0.408 e. The maximum absolute atomic E-state index is 11.2. The first-order valence-electron chi connectivity index (χ1n) is 5.03. The minimum atomic E-state index is -0.333. The van der Waals surface area contributed by atoms with E-state index in [1.807, 2.05) is 5.38 Å². The van der Waals surface area contributed by atoms with E-state index in [1.165, 1.54) is 11.3 Å². The number of rotatable bonds is 3. The van der Waals surface area contributed by atoms with Gasteiger partial charge in [-0.3, -0.25) is 0 Å². The first-order chi connectivity index (χ1) is 7.16. The van der Waals surface area contributed by atoms with E-state index in [0.717, 1.165) is 11.4 Å². The number of aromatic nitrogens is 1. The van der Waals surface area contributed by atoms with Crippen molar-refractivity contribution in [1.29, 1.82) is 0 Å². The fraction of sp³-hybridized carbons (Fsp3) is 0.600. The van der Waals surface area contributed by atoms with Gasteiger partial charge in [0, 0.05) is 11.6 Å². The Kier molecular flexibility index (Phi) is 2.90. The van der Waals surface area contributed by atoms with Gasteiger partial charge in [-0.05, 0) is 12.3 Å². The molecule has 0 aromatic carbocycles. The Morgan fingerprint density at radius 2 is 2.47 bits per heavy atom. The highest BCUT2D eigenvalue weighted by Crippen LogP contribution is 2.30. The third-order valence-corrected chi connectivity index (χ3v) is 3.16. The van der Waals surface area contributed by atoms with Crippen LogP contribution in [0.15, 0.2) is 11.6 Å². The van der Waals surface area contributed by atoms with Crippen molar-refractivity contribution in [3.63, 3.8) is 0 Å². The molecule has 1 aliphatic rings. The number of nitrogens with one attached hydrogen (secondary N) is 1. The van der Waals surface area contributed by atoms with Gasteiger partial charge in [0.15, 0.2) is 6.10 Å². The van der Waals surface area contributed by atoms with Gasteiger partial charge in [0.2, 0.25) is 0 Å². The van der Waals surface area contributed by atoms with E-state index in [-0.39, 0.29) is 18.2 Å². The summed E-state index contributed by atoms with van der Waals surface area (Å²) in [7, 11) is 0. The second-order valence-electron chi connectivity index (χ2n) is 4.08. The van der Waals surface area contributed by atoms with Crippen molar-refractivity contribution in [2.24, 2.45) is 5.92 Å². The van der Waals surface area contributed by atoms with Gasteiger partial charge in [0.25, 0.3) is 0 Å². The van der Waals surface area contributed by atoms with Gasteiger partial charge >= 0.3 is 6.09 Å². The van der Waals surface area contributed by atoms with Crippen LogP contribution < -0.4 is 5.32 Å². The lowest BCUT2D eigenvalue weighted by molar-refractivity contribution is 0.129. The molecule has 0 bridgehead atoms. The van der Waals surface area contributed by atoms with Crippen LogP contribution in [0.5, 0.6) is 0 Å². The van der Waals surface area contributed by atoms with Crippen LogP contribution in [-0.2, 0) is 4.74 Å². The molecule has 82 valence electrons. The van der Waals surface area contributed by atoms with Crippen LogP contribution in [0.1, 0.15) is 31.4 Å². The molecule has 5 heteroatoms. The topological polar surface area (TPSA) is 51.2 Å². The Balaban J connectivity index is 2.12. The SMILES string of the molecule is CC(C)C[C@@H]1NC(=O)O[C@H]1c1nccs1. The number of alkyl carbamates (subject to hydrolysis) is 1. The van der Waals surface area contributed by atoms with Crippen molar-refractivity contribution in [3.05, 3.63) is 16.6 Å². The molecule has 2 heterocycles. The van der Waals surface area contributed by atoms with Crippen LogP contribution in [0.2, 0.25) is 0 Å². The molecule has 2 rings (SSSR count). The summed E-state index contributed by atoms with van der Waals surface area (Å²) in [6.45, 7) is 4.26. The maximum atomic E-state index is 11.2. The predicted octanol–water partition coefficient (Wildman–Crippen LogP) is 2.34. The molecular formula is C10H14N2O2S. The second-order valence-corrected chi connectivity index (χ2v) is 5.00. The predicted molar refractivity (Wildman–Crippen MR) is 57.7 cm³/mol. The largest absolute Gasteiger partial charge is 0.437 e. The van der Waals surface area contributed by atoms with Crippen LogP contribution in [0.25, 0.3) is 0 Å². The molecule has 0 aliphatic carbocycles. The first-order valence-corrected chi connectivity index (χ1v) is 5.91. The van der Waals surface area contributed by atoms with Crippen molar-refractivity contribution in [3.8, 4) is 0 Å². The van der Waals surface area contributed by atoms with Gasteiger partial charge in [-0.25, -0.2) is 9.78 Å². The molecule has 4 nitrogen and oxygen atoms in total. The van der Waals surface area contributed by atoms with Gasteiger partial charge in [-0.1, -0.05) is 13.8 Å². The molecule has 15 heavy (non-hydrogen) atoms.